The number of benzene rings is 3. The molecule has 9 heteroatoms. The number of nitrogens with one attached hydrogen (secondary N) is 1. The summed E-state index contributed by atoms with van der Waals surface area (Å²) in [6, 6.07) is 22.0. The monoisotopic (exact) mass is 581 g/mol. The van der Waals surface area contributed by atoms with Gasteiger partial charge in [0.2, 0.25) is 15.9 Å². The Labute approximate surface area is 225 Å². The fourth-order valence-electron chi connectivity index (χ4n) is 5.29. The SMILES string of the molecule is NS(=O)(=O)c1ccc(CCNC(=O)C23CCN(C(=O)c4c(Br)cccc4-c4ccccc4)CC2C3)cc1. The minimum atomic E-state index is -3.72. The molecule has 1 saturated heterocycles. The van der Waals surface area contributed by atoms with Crippen LogP contribution in [0.15, 0.2) is 82.2 Å². The molecule has 1 saturated carbocycles. The third-order valence-electron chi connectivity index (χ3n) is 7.50. The summed E-state index contributed by atoms with van der Waals surface area (Å²) in [5.41, 5.74) is 3.05. The molecular weight excluding hydrogens is 554 g/mol. The first-order valence-electron chi connectivity index (χ1n) is 12.2. The van der Waals surface area contributed by atoms with Crippen LogP contribution in [0.2, 0.25) is 0 Å². The lowest BCUT2D eigenvalue weighted by molar-refractivity contribution is -0.127. The maximum Gasteiger partial charge on any atom is 0.255 e. The molecular formula is C28H28BrN3O4S. The second kappa shape index (κ2) is 10.0. The zero-order valence-electron chi connectivity index (χ0n) is 20.2. The molecule has 2 atom stereocenters. The minimum absolute atomic E-state index is 0.0184. The van der Waals surface area contributed by atoms with E-state index < -0.39 is 15.4 Å². The van der Waals surface area contributed by atoms with Gasteiger partial charge in [0.15, 0.2) is 0 Å². The molecule has 192 valence electrons. The summed E-state index contributed by atoms with van der Waals surface area (Å²) >= 11 is 3.58. The van der Waals surface area contributed by atoms with Crippen molar-refractivity contribution in [2.75, 3.05) is 19.6 Å². The van der Waals surface area contributed by atoms with E-state index in [2.05, 4.69) is 21.2 Å². The van der Waals surface area contributed by atoms with Crippen molar-refractivity contribution < 1.29 is 18.0 Å². The molecule has 0 spiro atoms. The Morgan fingerprint density at radius 2 is 1.76 bits per heavy atom. The Morgan fingerprint density at radius 3 is 2.43 bits per heavy atom. The van der Waals surface area contributed by atoms with Crippen molar-refractivity contribution in [1.82, 2.24) is 10.2 Å². The van der Waals surface area contributed by atoms with Crippen LogP contribution in [0.1, 0.15) is 28.8 Å². The minimum Gasteiger partial charge on any atom is -0.355 e. The van der Waals surface area contributed by atoms with Gasteiger partial charge in [0.05, 0.1) is 15.9 Å². The van der Waals surface area contributed by atoms with Crippen LogP contribution < -0.4 is 10.5 Å². The molecule has 2 aliphatic rings. The van der Waals surface area contributed by atoms with Crippen molar-refractivity contribution in [2.45, 2.75) is 24.2 Å². The molecule has 7 nitrogen and oxygen atoms in total. The fraction of sp³-hybridized carbons (Fsp3) is 0.286. The van der Waals surface area contributed by atoms with Crippen molar-refractivity contribution in [3.63, 3.8) is 0 Å². The molecule has 3 aromatic carbocycles. The van der Waals surface area contributed by atoms with Gasteiger partial charge in [-0.3, -0.25) is 9.59 Å². The molecule has 0 aromatic heterocycles. The van der Waals surface area contributed by atoms with E-state index in [0.717, 1.165) is 27.6 Å². The smallest absolute Gasteiger partial charge is 0.255 e. The van der Waals surface area contributed by atoms with Gasteiger partial charge in [0.1, 0.15) is 0 Å². The van der Waals surface area contributed by atoms with E-state index >= 15 is 0 Å². The molecule has 2 unspecified atom stereocenters. The summed E-state index contributed by atoms with van der Waals surface area (Å²) in [4.78, 5) is 28.6. The van der Waals surface area contributed by atoms with Crippen LogP contribution in [-0.2, 0) is 21.2 Å². The Hall–Kier alpha value is -3.01. The quantitative estimate of drug-likeness (QED) is 0.440. The Balaban J connectivity index is 1.19. The average Bonchev–Trinajstić information content (AvgIpc) is 3.64. The lowest BCUT2D eigenvalue weighted by Gasteiger charge is -2.32. The van der Waals surface area contributed by atoms with Crippen molar-refractivity contribution in [2.24, 2.45) is 16.5 Å². The summed E-state index contributed by atoms with van der Waals surface area (Å²) in [5, 5.41) is 8.19. The zero-order valence-corrected chi connectivity index (χ0v) is 22.6. The molecule has 1 aliphatic carbocycles. The number of nitrogens with two attached hydrogens (primary N) is 1. The Bertz CT molecular complexity index is 1440. The highest BCUT2D eigenvalue weighted by atomic mass is 79.9. The molecule has 37 heavy (non-hydrogen) atoms. The third-order valence-corrected chi connectivity index (χ3v) is 9.09. The topological polar surface area (TPSA) is 110 Å². The third kappa shape index (κ3) is 5.21. The molecule has 0 bridgehead atoms. The summed E-state index contributed by atoms with van der Waals surface area (Å²) in [7, 11) is -3.72. The van der Waals surface area contributed by atoms with Gasteiger partial charge in [0, 0.05) is 24.1 Å². The fourth-order valence-corrected chi connectivity index (χ4v) is 6.35. The first-order valence-corrected chi connectivity index (χ1v) is 14.6. The van der Waals surface area contributed by atoms with Gasteiger partial charge in [-0.2, -0.15) is 0 Å². The predicted octanol–water partition coefficient (Wildman–Crippen LogP) is 3.97. The number of sulfonamides is 1. The first-order chi connectivity index (χ1) is 17.7. The number of primary sulfonamides is 1. The van der Waals surface area contributed by atoms with E-state index in [-0.39, 0.29) is 22.6 Å². The van der Waals surface area contributed by atoms with Crippen LogP contribution in [0.3, 0.4) is 0 Å². The van der Waals surface area contributed by atoms with E-state index in [9.17, 15) is 18.0 Å². The van der Waals surface area contributed by atoms with E-state index in [0.29, 0.717) is 38.0 Å². The highest BCUT2D eigenvalue weighted by molar-refractivity contribution is 9.10. The van der Waals surface area contributed by atoms with Crippen molar-refractivity contribution in [3.8, 4) is 11.1 Å². The van der Waals surface area contributed by atoms with E-state index in [1.807, 2.05) is 53.4 Å². The lowest BCUT2D eigenvalue weighted by atomic mass is 9.92. The molecule has 1 heterocycles. The summed E-state index contributed by atoms with van der Waals surface area (Å²) in [6.45, 7) is 1.56. The number of carbonyl (C=O) groups is 2. The number of fused-ring (bicyclic) bond motifs is 1. The number of piperidine rings is 1. The maximum absolute atomic E-state index is 13.6. The maximum atomic E-state index is 13.6. The second-order valence-corrected chi connectivity index (χ2v) is 12.2. The predicted molar refractivity (Wildman–Crippen MR) is 145 cm³/mol. The van der Waals surface area contributed by atoms with Gasteiger partial charge in [-0.25, -0.2) is 13.6 Å². The van der Waals surface area contributed by atoms with Crippen LogP contribution in [-0.4, -0.2) is 44.8 Å². The largest absolute Gasteiger partial charge is 0.355 e. The van der Waals surface area contributed by atoms with Gasteiger partial charge in [-0.05, 0) is 76.0 Å². The van der Waals surface area contributed by atoms with E-state index in [1.165, 1.54) is 12.1 Å². The number of rotatable bonds is 7. The zero-order chi connectivity index (χ0) is 26.2. The van der Waals surface area contributed by atoms with Crippen molar-refractivity contribution in [3.05, 3.63) is 88.4 Å². The van der Waals surface area contributed by atoms with Gasteiger partial charge in [0.25, 0.3) is 5.91 Å². The van der Waals surface area contributed by atoms with Crippen LogP contribution >= 0.6 is 15.9 Å². The van der Waals surface area contributed by atoms with Crippen molar-refractivity contribution >= 4 is 37.8 Å². The van der Waals surface area contributed by atoms with Gasteiger partial charge >= 0.3 is 0 Å². The molecule has 3 aromatic rings. The molecule has 2 amide bonds. The second-order valence-electron chi connectivity index (χ2n) is 9.78. The van der Waals surface area contributed by atoms with Crippen LogP contribution in [0, 0.1) is 11.3 Å². The summed E-state index contributed by atoms with van der Waals surface area (Å²) in [5.74, 6) is 0.175. The van der Waals surface area contributed by atoms with Gasteiger partial charge < -0.3 is 10.2 Å². The van der Waals surface area contributed by atoms with Crippen LogP contribution in [0.25, 0.3) is 11.1 Å². The molecule has 0 radical (unpaired) electrons. The summed E-state index contributed by atoms with van der Waals surface area (Å²) in [6.07, 6.45) is 2.02. The van der Waals surface area contributed by atoms with Gasteiger partial charge in [-0.15, -0.1) is 0 Å². The number of amides is 2. The molecule has 3 N–H and O–H groups in total. The first kappa shape index (κ1) is 25.6. The molecule has 1 aliphatic heterocycles. The number of likely N-dealkylation sites (tertiary alicyclic amines) is 1. The lowest BCUT2D eigenvalue weighted by Crippen LogP contribution is -2.44. The van der Waals surface area contributed by atoms with Crippen molar-refractivity contribution in [1.29, 1.82) is 0 Å². The van der Waals surface area contributed by atoms with Crippen LogP contribution in [0.4, 0.5) is 0 Å². The number of hydrogen-bond donors (Lipinski definition) is 2. The molecule has 5 rings (SSSR count). The average molecular weight is 583 g/mol. The number of halogens is 1. The van der Waals surface area contributed by atoms with E-state index in [4.69, 9.17) is 5.14 Å². The summed E-state index contributed by atoms with van der Waals surface area (Å²) < 4.78 is 23.6. The standard InChI is InChI=1S/C28H28BrN3O4S/c29-24-8-4-7-23(20-5-2-1-3-6-20)25(24)26(33)32-16-14-28(17-21(28)18-32)27(34)31-15-13-19-9-11-22(12-10-19)37(30,35)36/h1-12,21H,13-18H2,(H,31,34)(H2,30,35,36). The highest BCUT2D eigenvalue weighted by Crippen LogP contribution is 2.58. The van der Waals surface area contributed by atoms with Crippen LogP contribution in [0.5, 0.6) is 0 Å². The number of hydrogen-bond acceptors (Lipinski definition) is 4. The molecule has 2 fully saturated rings. The van der Waals surface area contributed by atoms with E-state index in [1.54, 1.807) is 12.1 Å². The number of nitrogens with zero attached hydrogens (tertiary/aromatic N) is 1. The normalized spacial score (nSPS) is 20.7. The Kier molecular flexibility index (Phi) is 6.95. The number of carbonyl (C=O) groups excluding carboxylic acids is 2. The Morgan fingerprint density at radius 1 is 1.03 bits per heavy atom. The highest BCUT2D eigenvalue weighted by Gasteiger charge is 2.62. The van der Waals surface area contributed by atoms with Gasteiger partial charge in [-0.1, -0.05) is 54.6 Å².